The molecule has 1 aromatic carbocycles. The van der Waals surface area contributed by atoms with E-state index in [2.05, 4.69) is 12.1 Å². The van der Waals surface area contributed by atoms with Crippen molar-refractivity contribution in [3.05, 3.63) is 29.3 Å². The summed E-state index contributed by atoms with van der Waals surface area (Å²) in [6, 6.07) is 6.26. The van der Waals surface area contributed by atoms with E-state index in [4.69, 9.17) is 4.74 Å². The Balaban J connectivity index is 1.73. The van der Waals surface area contributed by atoms with Crippen molar-refractivity contribution in [2.75, 3.05) is 7.11 Å². The Bertz CT molecular complexity index is 437. The van der Waals surface area contributed by atoms with Crippen LogP contribution in [0.3, 0.4) is 0 Å². The molecule has 2 nitrogen and oxygen atoms in total. The highest BCUT2D eigenvalue weighted by atomic mass is 16.5. The molecule has 1 fully saturated rings. The van der Waals surface area contributed by atoms with Gasteiger partial charge < -0.3 is 9.84 Å². The number of hydrogen-bond acceptors (Lipinski definition) is 2. The lowest BCUT2D eigenvalue weighted by Crippen LogP contribution is -2.35. The minimum absolute atomic E-state index is 0.470. The first-order valence-corrected chi connectivity index (χ1v) is 7.07. The van der Waals surface area contributed by atoms with E-state index in [1.54, 1.807) is 7.11 Å². The van der Waals surface area contributed by atoms with Crippen molar-refractivity contribution >= 4 is 0 Å². The number of ether oxygens (including phenoxy) is 1. The van der Waals surface area contributed by atoms with Gasteiger partial charge in [0.25, 0.3) is 0 Å². The van der Waals surface area contributed by atoms with Gasteiger partial charge in [0.15, 0.2) is 0 Å². The molecule has 98 valence electrons. The molecule has 0 aliphatic heterocycles. The second-order valence-corrected chi connectivity index (χ2v) is 6.02. The summed E-state index contributed by atoms with van der Waals surface area (Å²) in [7, 11) is 1.70. The first-order chi connectivity index (χ1) is 8.68. The molecule has 0 saturated heterocycles. The maximum Gasteiger partial charge on any atom is 0.119 e. The zero-order chi connectivity index (χ0) is 12.6. The van der Waals surface area contributed by atoms with Crippen LogP contribution >= 0.6 is 0 Å². The Hall–Kier alpha value is -1.02. The van der Waals surface area contributed by atoms with Gasteiger partial charge in [-0.1, -0.05) is 18.9 Å². The van der Waals surface area contributed by atoms with Crippen LogP contribution in [0, 0.1) is 5.92 Å². The van der Waals surface area contributed by atoms with Crippen LogP contribution < -0.4 is 4.74 Å². The number of aryl methyl sites for hydroxylation is 1. The van der Waals surface area contributed by atoms with Gasteiger partial charge in [0, 0.05) is 6.42 Å². The van der Waals surface area contributed by atoms with E-state index >= 15 is 0 Å². The van der Waals surface area contributed by atoms with E-state index in [0.29, 0.717) is 0 Å². The predicted molar refractivity (Wildman–Crippen MR) is 71.9 cm³/mol. The number of rotatable bonds is 4. The molecule has 0 spiro atoms. The third-order valence-electron chi connectivity index (χ3n) is 4.51. The molecule has 0 aromatic heterocycles. The highest BCUT2D eigenvalue weighted by molar-refractivity contribution is 5.38. The van der Waals surface area contributed by atoms with E-state index in [1.807, 2.05) is 6.07 Å². The summed E-state index contributed by atoms with van der Waals surface area (Å²) in [6.45, 7) is 0. The van der Waals surface area contributed by atoms with E-state index in [9.17, 15) is 5.11 Å². The number of fused-ring (bicyclic) bond motifs is 1. The molecule has 0 bridgehead atoms. The third kappa shape index (κ3) is 2.54. The van der Waals surface area contributed by atoms with Gasteiger partial charge in [-0.15, -0.1) is 0 Å². The monoisotopic (exact) mass is 246 g/mol. The van der Waals surface area contributed by atoms with Gasteiger partial charge in [-0.05, 0) is 54.9 Å². The van der Waals surface area contributed by atoms with Crippen LogP contribution in [-0.2, 0) is 12.8 Å². The van der Waals surface area contributed by atoms with Crippen LogP contribution in [0.15, 0.2) is 18.2 Å². The van der Waals surface area contributed by atoms with Crippen molar-refractivity contribution < 1.29 is 9.84 Å². The van der Waals surface area contributed by atoms with Gasteiger partial charge in [0.05, 0.1) is 12.7 Å². The molecule has 0 heterocycles. The number of hydrogen-bond donors (Lipinski definition) is 1. The highest BCUT2D eigenvalue weighted by Crippen LogP contribution is 2.39. The number of aliphatic hydroxyl groups is 1. The third-order valence-corrected chi connectivity index (χ3v) is 4.51. The van der Waals surface area contributed by atoms with Gasteiger partial charge in [-0.25, -0.2) is 0 Å². The molecule has 18 heavy (non-hydrogen) atoms. The average molecular weight is 246 g/mol. The summed E-state index contributed by atoms with van der Waals surface area (Å²) in [5, 5.41) is 10.7. The molecule has 1 aromatic rings. The fourth-order valence-electron chi connectivity index (χ4n) is 3.04. The van der Waals surface area contributed by atoms with Crippen LogP contribution in [0.5, 0.6) is 5.75 Å². The van der Waals surface area contributed by atoms with Crippen LogP contribution in [0.4, 0.5) is 0 Å². The molecular weight excluding hydrogens is 224 g/mol. The van der Waals surface area contributed by atoms with Crippen LogP contribution in [0.1, 0.15) is 43.2 Å². The topological polar surface area (TPSA) is 29.5 Å². The van der Waals surface area contributed by atoms with Crippen molar-refractivity contribution in [3.8, 4) is 5.75 Å². The summed E-state index contributed by atoms with van der Waals surface area (Å²) in [5.41, 5.74) is 2.19. The fourth-order valence-corrected chi connectivity index (χ4v) is 3.04. The van der Waals surface area contributed by atoms with Gasteiger partial charge in [0.2, 0.25) is 0 Å². The standard InChI is InChI=1S/C16H22O2/c1-18-15-5-4-13-7-9-16(17,11-14(13)10-15)8-6-12-2-3-12/h4-5,10,12,17H,2-3,6-9,11H2,1H3. The first kappa shape index (κ1) is 12.0. The first-order valence-electron chi connectivity index (χ1n) is 7.07. The molecular formula is C16H22O2. The van der Waals surface area contributed by atoms with E-state index in [0.717, 1.165) is 37.4 Å². The molecule has 3 rings (SSSR count). The largest absolute Gasteiger partial charge is 0.497 e. The quantitative estimate of drug-likeness (QED) is 0.884. The summed E-state index contributed by atoms with van der Waals surface area (Å²) in [5.74, 6) is 1.81. The molecule has 0 radical (unpaired) electrons. The Labute approximate surface area is 109 Å². The Morgan fingerprint density at radius 1 is 1.33 bits per heavy atom. The summed E-state index contributed by atoms with van der Waals surface area (Å²) >= 11 is 0. The minimum atomic E-state index is -0.470. The maximum absolute atomic E-state index is 10.7. The van der Waals surface area contributed by atoms with Crippen molar-refractivity contribution in [1.82, 2.24) is 0 Å². The molecule has 0 amide bonds. The average Bonchev–Trinajstić information content (AvgIpc) is 3.19. The lowest BCUT2D eigenvalue weighted by Gasteiger charge is -2.34. The van der Waals surface area contributed by atoms with Crippen molar-refractivity contribution in [3.63, 3.8) is 0 Å². The fraction of sp³-hybridized carbons (Fsp3) is 0.625. The minimum Gasteiger partial charge on any atom is -0.497 e. The number of methoxy groups -OCH3 is 1. The van der Waals surface area contributed by atoms with Gasteiger partial charge >= 0.3 is 0 Å². The Morgan fingerprint density at radius 3 is 2.89 bits per heavy atom. The lowest BCUT2D eigenvalue weighted by atomic mass is 9.77. The van der Waals surface area contributed by atoms with Crippen LogP contribution in [0.25, 0.3) is 0 Å². The summed E-state index contributed by atoms with van der Waals surface area (Å²) in [4.78, 5) is 0. The summed E-state index contributed by atoms with van der Waals surface area (Å²) in [6.07, 6.45) is 7.64. The normalized spacial score (nSPS) is 26.8. The molecule has 2 heteroatoms. The van der Waals surface area contributed by atoms with Crippen molar-refractivity contribution in [1.29, 1.82) is 0 Å². The Kier molecular flexibility index (Phi) is 3.06. The van der Waals surface area contributed by atoms with E-state index < -0.39 is 5.60 Å². The van der Waals surface area contributed by atoms with E-state index in [1.165, 1.54) is 30.4 Å². The van der Waals surface area contributed by atoms with Crippen LogP contribution in [-0.4, -0.2) is 17.8 Å². The van der Waals surface area contributed by atoms with E-state index in [-0.39, 0.29) is 0 Å². The van der Waals surface area contributed by atoms with Gasteiger partial charge in [-0.2, -0.15) is 0 Å². The molecule has 1 N–H and O–H groups in total. The maximum atomic E-state index is 10.7. The zero-order valence-corrected chi connectivity index (χ0v) is 11.1. The van der Waals surface area contributed by atoms with Crippen molar-refractivity contribution in [2.45, 2.75) is 50.5 Å². The Morgan fingerprint density at radius 2 is 2.17 bits per heavy atom. The summed E-state index contributed by atoms with van der Waals surface area (Å²) < 4.78 is 5.28. The van der Waals surface area contributed by atoms with Gasteiger partial charge in [0.1, 0.15) is 5.75 Å². The van der Waals surface area contributed by atoms with Crippen molar-refractivity contribution in [2.24, 2.45) is 5.92 Å². The molecule has 1 saturated carbocycles. The molecule has 1 atom stereocenters. The second kappa shape index (κ2) is 4.58. The van der Waals surface area contributed by atoms with Gasteiger partial charge in [-0.3, -0.25) is 0 Å². The number of benzene rings is 1. The highest BCUT2D eigenvalue weighted by Gasteiger charge is 2.34. The second-order valence-electron chi connectivity index (χ2n) is 6.02. The predicted octanol–water partition coefficient (Wildman–Crippen LogP) is 3.11. The molecule has 1 unspecified atom stereocenters. The van der Waals surface area contributed by atoms with Crippen LogP contribution in [0.2, 0.25) is 0 Å². The molecule has 2 aliphatic rings. The lowest BCUT2D eigenvalue weighted by molar-refractivity contribution is 0.0146. The SMILES string of the molecule is COc1ccc2c(c1)CC(O)(CCC1CC1)CC2. The zero-order valence-electron chi connectivity index (χ0n) is 11.1. The molecule has 2 aliphatic carbocycles. The smallest absolute Gasteiger partial charge is 0.119 e.